The van der Waals surface area contributed by atoms with E-state index in [2.05, 4.69) is 33.1 Å². The molecule has 0 aliphatic carbocycles. The van der Waals surface area contributed by atoms with Crippen LogP contribution in [0.4, 0.5) is 5.69 Å². The van der Waals surface area contributed by atoms with Crippen LogP contribution in [0.25, 0.3) is 0 Å². The van der Waals surface area contributed by atoms with Gasteiger partial charge in [-0.2, -0.15) is 0 Å². The van der Waals surface area contributed by atoms with Crippen LogP contribution in [0, 0.1) is 5.92 Å². The van der Waals surface area contributed by atoms with E-state index in [1.807, 2.05) is 12.1 Å². The fourth-order valence-electron chi connectivity index (χ4n) is 3.25. The molecule has 1 amide bonds. The van der Waals surface area contributed by atoms with Crippen LogP contribution in [0.2, 0.25) is 5.02 Å². The predicted molar refractivity (Wildman–Crippen MR) is 128 cm³/mol. The van der Waals surface area contributed by atoms with Crippen LogP contribution in [0.3, 0.4) is 0 Å². The summed E-state index contributed by atoms with van der Waals surface area (Å²) >= 11 is 15.1. The van der Waals surface area contributed by atoms with Crippen molar-refractivity contribution in [3.05, 3.63) is 51.5 Å². The summed E-state index contributed by atoms with van der Waals surface area (Å²) in [5, 5.41) is 3.37. The van der Waals surface area contributed by atoms with E-state index in [9.17, 15) is 4.79 Å². The minimum atomic E-state index is -0.284. The van der Waals surface area contributed by atoms with Gasteiger partial charge in [0.15, 0.2) is 18.1 Å². The Hall–Kier alpha value is -1.83. The normalized spacial score (nSPS) is 14.3. The summed E-state index contributed by atoms with van der Waals surface area (Å²) < 4.78 is 11.9. The van der Waals surface area contributed by atoms with Crippen LogP contribution in [0.1, 0.15) is 25.3 Å². The molecular weight excluding hydrogens is 488 g/mol. The van der Waals surface area contributed by atoms with E-state index in [0.29, 0.717) is 26.7 Å². The zero-order valence-electron chi connectivity index (χ0n) is 16.9. The van der Waals surface area contributed by atoms with Crippen molar-refractivity contribution in [3.63, 3.8) is 0 Å². The maximum absolute atomic E-state index is 12.2. The van der Waals surface area contributed by atoms with Crippen LogP contribution in [0.15, 0.2) is 40.9 Å². The lowest BCUT2D eigenvalue weighted by molar-refractivity contribution is -0.118. The zero-order chi connectivity index (χ0) is 21.7. The number of anilines is 1. The first kappa shape index (κ1) is 22.8. The molecule has 30 heavy (non-hydrogen) atoms. The standard InChI is InChI=1S/C22H24BrClN2O3S/c1-14-7-9-26(10-8-14)22(30)15-11-18(23)21(19(12-15)28-2)29-13-20(27)25-17-5-3-16(24)4-6-17/h3-6,11-12,14H,7-10,13H2,1-2H3,(H,25,27). The van der Waals surface area contributed by atoms with E-state index in [1.165, 1.54) is 0 Å². The Bertz CT molecular complexity index is 915. The third-order valence-electron chi connectivity index (χ3n) is 5.02. The Morgan fingerprint density at radius 3 is 2.57 bits per heavy atom. The molecule has 0 radical (unpaired) electrons. The molecule has 0 saturated carbocycles. The van der Waals surface area contributed by atoms with Crippen molar-refractivity contribution in [1.29, 1.82) is 0 Å². The van der Waals surface area contributed by atoms with Crippen molar-refractivity contribution < 1.29 is 14.3 Å². The van der Waals surface area contributed by atoms with Gasteiger partial charge >= 0.3 is 0 Å². The second-order valence-electron chi connectivity index (χ2n) is 7.31. The molecule has 2 aromatic rings. The number of nitrogens with zero attached hydrogens (tertiary/aromatic N) is 1. The molecule has 1 saturated heterocycles. The summed E-state index contributed by atoms with van der Waals surface area (Å²) in [6, 6.07) is 10.7. The number of nitrogens with one attached hydrogen (secondary N) is 1. The second-order valence-corrected chi connectivity index (χ2v) is 8.99. The lowest BCUT2D eigenvalue weighted by Gasteiger charge is -2.32. The molecule has 2 aromatic carbocycles. The van der Waals surface area contributed by atoms with E-state index in [4.69, 9.17) is 33.3 Å². The van der Waals surface area contributed by atoms with Gasteiger partial charge in [0.05, 0.1) is 11.6 Å². The lowest BCUT2D eigenvalue weighted by Crippen LogP contribution is -2.37. The highest BCUT2D eigenvalue weighted by atomic mass is 79.9. The molecule has 1 fully saturated rings. The minimum absolute atomic E-state index is 0.161. The minimum Gasteiger partial charge on any atom is -0.493 e. The zero-order valence-corrected chi connectivity index (χ0v) is 20.1. The van der Waals surface area contributed by atoms with Gasteiger partial charge in [0.25, 0.3) is 5.91 Å². The Balaban J connectivity index is 1.67. The quantitative estimate of drug-likeness (QED) is 0.516. The Labute approximate surface area is 195 Å². The van der Waals surface area contributed by atoms with Gasteiger partial charge in [0.1, 0.15) is 4.99 Å². The molecule has 5 nitrogen and oxygen atoms in total. The molecule has 0 spiro atoms. The van der Waals surface area contributed by atoms with E-state index in [-0.39, 0.29) is 12.5 Å². The van der Waals surface area contributed by atoms with Crippen molar-refractivity contribution in [2.45, 2.75) is 19.8 Å². The maximum atomic E-state index is 12.2. The number of amides is 1. The Morgan fingerprint density at radius 2 is 1.93 bits per heavy atom. The number of carbonyl (C=O) groups is 1. The lowest BCUT2D eigenvalue weighted by atomic mass is 9.99. The van der Waals surface area contributed by atoms with Gasteiger partial charge in [-0.3, -0.25) is 4.79 Å². The second kappa shape index (κ2) is 10.5. The first-order chi connectivity index (χ1) is 14.4. The smallest absolute Gasteiger partial charge is 0.262 e. The number of benzene rings is 2. The molecule has 1 N–H and O–H groups in total. The summed E-state index contributed by atoms with van der Waals surface area (Å²) in [4.78, 5) is 15.3. The van der Waals surface area contributed by atoms with Crippen molar-refractivity contribution in [2.75, 3.05) is 32.1 Å². The molecule has 1 heterocycles. The Kier molecular flexibility index (Phi) is 7.97. The van der Waals surface area contributed by atoms with Crippen molar-refractivity contribution in [1.82, 2.24) is 4.90 Å². The molecule has 8 heteroatoms. The average Bonchev–Trinajstić information content (AvgIpc) is 2.74. The first-order valence-electron chi connectivity index (χ1n) is 9.72. The van der Waals surface area contributed by atoms with Crippen LogP contribution in [-0.4, -0.2) is 42.6 Å². The summed E-state index contributed by atoms with van der Waals surface area (Å²) in [7, 11) is 1.57. The predicted octanol–water partition coefficient (Wildman–Crippen LogP) is 5.54. The fourth-order valence-corrected chi connectivity index (χ4v) is 4.23. The molecule has 0 atom stereocenters. The highest BCUT2D eigenvalue weighted by Gasteiger charge is 2.21. The van der Waals surface area contributed by atoms with Crippen molar-refractivity contribution in [2.24, 2.45) is 5.92 Å². The van der Waals surface area contributed by atoms with E-state index in [1.54, 1.807) is 31.4 Å². The molecule has 1 aliphatic rings. The number of piperidine rings is 1. The molecule has 3 rings (SSSR count). The highest BCUT2D eigenvalue weighted by molar-refractivity contribution is 9.10. The topological polar surface area (TPSA) is 50.8 Å². The van der Waals surface area contributed by atoms with Gasteiger partial charge in [0, 0.05) is 29.4 Å². The van der Waals surface area contributed by atoms with E-state index in [0.717, 1.165) is 42.4 Å². The first-order valence-corrected chi connectivity index (χ1v) is 11.3. The number of rotatable bonds is 6. The average molecular weight is 512 g/mol. The monoisotopic (exact) mass is 510 g/mol. The van der Waals surface area contributed by atoms with Crippen molar-refractivity contribution in [3.8, 4) is 11.5 Å². The number of methoxy groups -OCH3 is 1. The number of hydrogen-bond donors (Lipinski definition) is 1. The number of carbonyl (C=O) groups excluding carboxylic acids is 1. The van der Waals surface area contributed by atoms with Gasteiger partial charge in [0.2, 0.25) is 0 Å². The number of halogens is 2. The maximum Gasteiger partial charge on any atom is 0.262 e. The van der Waals surface area contributed by atoms with E-state index < -0.39 is 0 Å². The van der Waals surface area contributed by atoms with Gasteiger partial charge < -0.3 is 19.7 Å². The number of thiocarbonyl (C=S) groups is 1. The number of hydrogen-bond acceptors (Lipinski definition) is 4. The third-order valence-corrected chi connectivity index (χ3v) is 6.36. The third kappa shape index (κ3) is 5.86. The highest BCUT2D eigenvalue weighted by Crippen LogP contribution is 2.37. The molecular formula is C22H24BrClN2O3S. The van der Waals surface area contributed by atoms with Crippen LogP contribution >= 0.6 is 39.7 Å². The van der Waals surface area contributed by atoms with Crippen LogP contribution in [-0.2, 0) is 4.79 Å². The largest absolute Gasteiger partial charge is 0.493 e. The number of likely N-dealkylation sites (tertiary alicyclic amines) is 1. The number of ether oxygens (including phenoxy) is 2. The summed E-state index contributed by atoms with van der Waals surface area (Å²) in [5.41, 5.74) is 1.54. The van der Waals surface area contributed by atoms with Crippen molar-refractivity contribution >= 4 is 56.3 Å². The SMILES string of the molecule is COc1cc(C(=S)N2CCC(C)CC2)cc(Br)c1OCC(=O)Nc1ccc(Cl)cc1. The summed E-state index contributed by atoms with van der Waals surface area (Å²) in [5.74, 6) is 1.43. The molecule has 0 unspecified atom stereocenters. The molecule has 1 aliphatic heterocycles. The summed E-state index contributed by atoms with van der Waals surface area (Å²) in [6.45, 7) is 4.03. The Morgan fingerprint density at radius 1 is 1.27 bits per heavy atom. The van der Waals surface area contributed by atoms with Gasteiger partial charge in [-0.05, 0) is 71.1 Å². The van der Waals surface area contributed by atoms with Crippen LogP contribution < -0.4 is 14.8 Å². The molecule has 0 aromatic heterocycles. The van der Waals surface area contributed by atoms with Gasteiger partial charge in [-0.15, -0.1) is 0 Å². The summed E-state index contributed by atoms with van der Waals surface area (Å²) in [6.07, 6.45) is 2.28. The van der Waals surface area contributed by atoms with Gasteiger partial charge in [-0.25, -0.2) is 0 Å². The van der Waals surface area contributed by atoms with Gasteiger partial charge in [-0.1, -0.05) is 30.7 Å². The molecule has 0 bridgehead atoms. The fraction of sp³-hybridized carbons (Fsp3) is 0.364. The molecule has 160 valence electrons. The van der Waals surface area contributed by atoms with Crippen LogP contribution in [0.5, 0.6) is 11.5 Å². The van der Waals surface area contributed by atoms with E-state index >= 15 is 0 Å².